The maximum absolute atomic E-state index is 12.8. The molecule has 0 saturated heterocycles. The molecule has 158 valence electrons. The van der Waals surface area contributed by atoms with Crippen molar-refractivity contribution in [3.05, 3.63) is 76.0 Å². The van der Waals surface area contributed by atoms with Crippen LogP contribution in [0.2, 0.25) is 10.0 Å². The van der Waals surface area contributed by atoms with E-state index < -0.39 is 10.0 Å². The summed E-state index contributed by atoms with van der Waals surface area (Å²) in [4.78, 5) is 14.2. The van der Waals surface area contributed by atoms with Crippen molar-refractivity contribution in [2.75, 3.05) is 21.1 Å². The van der Waals surface area contributed by atoms with E-state index in [1.165, 1.54) is 37.2 Å². The highest BCUT2D eigenvalue weighted by Gasteiger charge is 2.23. The highest BCUT2D eigenvalue weighted by atomic mass is 35.5. The second-order valence-electron chi connectivity index (χ2n) is 6.87. The Kier molecular flexibility index (Phi) is 6.57. The number of benzene rings is 2. The number of hydrogen-bond donors (Lipinski definition) is 0. The average molecular weight is 467 g/mol. The van der Waals surface area contributed by atoms with E-state index >= 15 is 0 Å². The van der Waals surface area contributed by atoms with Gasteiger partial charge < -0.3 is 9.32 Å². The van der Waals surface area contributed by atoms with Crippen molar-refractivity contribution in [1.29, 1.82) is 0 Å². The van der Waals surface area contributed by atoms with Crippen LogP contribution in [0.1, 0.15) is 16.1 Å². The molecular weight excluding hydrogens is 447 g/mol. The van der Waals surface area contributed by atoms with Crippen LogP contribution >= 0.6 is 23.2 Å². The van der Waals surface area contributed by atoms with Gasteiger partial charge in [0, 0.05) is 37.3 Å². The number of amides is 1. The number of nitrogens with zero attached hydrogens (tertiary/aromatic N) is 2. The Hall–Kier alpha value is -2.32. The summed E-state index contributed by atoms with van der Waals surface area (Å²) in [7, 11) is 0.645. The molecule has 0 spiro atoms. The van der Waals surface area contributed by atoms with Gasteiger partial charge in [-0.25, -0.2) is 12.7 Å². The molecule has 0 aliphatic carbocycles. The number of carbonyl (C=O) groups is 1. The summed E-state index contributed by atoms with van der Waals surface area (Å²) in [5.74, 6) is 0.894. The van der Waals surface area contributed by atoms with Crippen LogP contribution in [0.3, 0.4) is 0 Å². The van der Waals surface area contributed by atoms with E-state index in [4.69, 9.17) is 27.6 Å². The number of halogens is 2. The van der Waals surface area contributed by atoms with E-state index in [1.807, 2.05) is 18.2 Å². The van der Waals surface area contributed by atoms with Crippen LogP contribution < -0.4 is 0 Å². The molecule has 1 amide bonds. The molecule has 6 nitrogen and oxygen atoms in total. The molecule has 0 N–H and O–H groups in total. The molecule has 0 bridgehead atoms. The number of carbonyl (C=O) groups excluding carboxylic acids is 1. The molecule has 0 aliphatic rings. The van der Waals surface area contributed by atoms with Gasteiger partial charge >= 0.3 is 0 Å². The summed E-state index contributed by atoms with van der Waals surface area (Å²) in [6.45, 7) is 0.213. The molecular formula is C21H20Cl2N2O4S. The monoisotopic (exact) mass is 466 g/mol. The van der Waals surface area contributed by atoms with E-state index in [-0.39, 0.29) is 27.9 Å². The number of rotatable bonds is 6. The van der Waals surface area contributed by atoms with Gasteiger partial charge in [-0.1, -0.05) is 23.2 Å². The maximum atomic E-state index is 12.8. The van der Waals surface area contributed by atoms with Gasteiger partial charge in [0.05, 0.1) is 11.6 Å². The lowest BCUT2D eigenvalue weighted by molar-refractivity contribution is 0.0775. The number of hydrogen-bond acceptors (Lipinski definition) is 4. The van der Waals surface area contributed by atoms with Crippen molar-refractivity contribution in [2.45, 2.75) is 11.4 Å². The van der Waals surface area contributed by atoms with E-state index in [0.29, 0.717) is 16.5 Å². The summed E-state index contributed by atoms with van der Waals surface area (Å²) in [5, 5.41) is 0.691. The van der Waals surface area contributed by atoms with Gasteiger partial charge in [0.2, 0.25) is 10.0 Å². The molecule has 0 unspecified atom stereocenters. The lowest BCUT2D eigenvalue weighted by atomic mass is 10.2. The summed E-state index contributed by atoms with van der Waals surface area (Å²) < 4.78 is 31.8. The molecule has 30 heavy (non-hydrogen) atoms. The van der Waals surface area contributed by atoms with Crippen LogP contribution in [0.4, 0.5) is 0 Å². The smallest absolute Gasteiger partial charge is 0.254 e. The maximum Gasteiger partial charge on any atom is 0.254 e. The van der Waals surface area contributed by atoms with E-state index in [9.17, 15) is 13.2 Å². The standard InChI is InChI=1S/C21H20Cl2N2O4S/c1-24(2)30(27,28)20-12-15(6-10-18(20)23)21(26)25(3)13-17-9-11-19(29-17)14-4-7-16(22)8-5-14/h4-12H,13H2,1-3H3. The average Bonchev–Trinajstić information content (AvgIpc) is 3.16. The van der Waals surface area contributed by atoms with Crippen molar-refractivity contribution in [1.82, 2.24) is 9.21 Å². The Bertz CT molecular complexity index is 1170. The zero-order chi connectivity index (χ0) is 22.1. The van der Waals surface area contributed by atoms with E-state index in [1.54, 1.807) is 25.2 Å². The Morgan fingerprint density at radius 3 is 2.27 bits per heavy atom. The first-order valence-electron chi connectivity index (χ1n) is 8.92. The van der Waals surface area contributed by atoms with Gasteiger partial charge in [-0.15, -0.1) is 0 Å². The fraction of sp³-hybridized carbons (Fsp3) is 0.190. The van der Waals surface area contributed by atoms with Crippen molar-refractivity contribution >= 4 is 39.1 Å². The highest BCUT2D eigenvalue weighted by Crippen LogP contribution is 2.27. The quantitative estimate of drug-likeness (QED) is 0.524. The SMILES string of the molecule is CN(Cc1ccc(-c2ccc(Cl)cc2)o1)C(=O)c1ccc(Cl)c(S(=O)(=O)N(C)C)c1. The topological polar surface area (TPSA) is 70.8 Å². The third-order valence-corrected chi connectivity index (χ3v) is 7.02. The van der Waals surface area contributed by atoms with Crippen molar-refractivity contribution < 1.29 is 17.6 Å². The molecule has 0 radical (unpaired) electrons. The minimum Gasteiger partial charge on any atom is -0.459 e. The third-order valence-electron chi connectivity index (χ3n) is 4.47. The van der Waals surface area contributed by atoms with Crippen molar-refractivity contribution in [3.8, 4) is 11.3 Å². The Balaban J connectivity index is 1.79. The van der Waals surface area contributed by atoms with Gasteiger partial charge in [-0.05, 0) is 54.6 Å². The predicted molar refractivity (Wildman–Crippen MR) is 117 cm³/mol. The third kappa shape index (κ3) is 4.70. The van der Waals surface area contributed by atoms with E-state index in [2.05, 4.69) is 0 Å². The first kappa shape index (κ1) is 22.4. The Labute approximate surface area is 185 Å². The van der Waals surface area contributed by atoms with Crippen LogP contribution in [0.15, 0.2) is 63.9 Å². The first-order valence-corrected chi connectivity index (χ1v) is 11.1. The summed E-state index contributed by atoms with van der Waals surface area (Å²) in [6, 6.07) is 15.0. The van der Waals surface area contributed by atoms with E-state index in [0.717, 1.165) is 9.87 Å². The molecule has 0 saturated carbocycles. The predicted octanol–water partition coefficient (Wildman–Crippen LogP) is 4.78. The van der Waals surface area contributed by atoms with Gasteiger partial charge in [0.25, 0.3) is 5.91 Å². The fourth-order valence-corrected chi connectivity index (χ4v) is 4.31. The second-order valence-corrected chi connectivity index (χ2v) is 9.83. The van der Waals surface area contributed by atoms with Gasteiger partial charge in [-0.3, -0.25) is 4.79 Å². The molecule has 0 fully saturated rings. The van der Waals surface area contributed by atoms with Gasteiger partial charge in [0.1, 0.15) is 16.4 Å². The van der Waals surface area contributed by atoms with Gasteiger partial charge in [0.15, 0.2) is 0 Å². The molecule has 3 rings (SSSR count). The van der Waals surface area contributed by atoms with Crippen LogP contribution in [0.5, 0.6) is 0 Å². The number of sulfonamides is 1. The lowest BCUT2D eigenvalue weighted by Gasteiger charge is -2.18. The van der Waals surface area contributed by atoms with Crippen LogP contribution in [-0.2, 0) is 16.6 Å². The lowest BCUT2D eigenvalue weighted by Crippen LogP contribution is -2.27. The van der Waals surface area contributed by atoms with Crippen molar-refractivity contribution in [3.63, 3.8) is 0 Å². The highest BCUT2D eigenvalue weighted by molar-refractivity contribution is 7.89. The first-order chi connectivity index (χ1) is 14.1. The van der Waals surface area contributed by atoms with Gasteiger partial charge in [-0.2, -0.15) is 0 Å². The molecule has 0 aliphatic heterocycles. The summed E-state index contributed by atoms with van der Waals surface area (Å²) >= 11 is 12.0. The molecule has 0 atom stereocenters. The molecule has 1 aromatic heterocycles. The Morgan fingerprint density at radius 2 is 1.63 bits per heavy atom. The molecule has 1 heterocycles. The minimum atomic E-state index is -3.78. The van der Waals surface area contributed by atoms with Crippen LogP contribution in [0, 0.1) is 0 Å². The second kappa shape index (κ2) is 8.81. The number of furan rings is 1. The zero-order valence-corrected chi connectivity index (χ0v) is 18.9. The molecule has 9 heteroatoms. The Morgan fingerprint density at radius 1 is 0.967 bits per heavy atom. The molecule has 3 aromatic rings. The summed E-state index contributed by atoms with van der Waals surface area (Å²) in [5.41, 5.74) is 1.09. The van der Waals surface area contributed by atoms with Crippen LogP contribution in [0.25, 0.3) is 11.3 Å². The fourth-order valence-electron chi connectivity index (χ4n) is 2.79. The van der Waals surface area contributed by atoms with Crippen molar-refractivity contribution in [2.24, 2.45) is 0 Å². The normalized spacial score (nSPS) is 11.7. The zero-order valence-electron chi connectivity index (χ0n) is 16.6. The largest absolute Gasteiger partial charge is 0.459 e. The molecule has 2 aromatic carbocycles. The minimum absolute atomic E-state index is 0.0570. The summed E-state index contributed by atoms with van der Waals surface area (Å²) in [6.07, 6.45) is 0. The van der Waals surface area contributed by atoms with Crippen LogP contribution in [-0.4, -0.2) is 44.7 Å².